The molecule has 2 rings (SSSR count). The van der Waals surface area contributed by atoms with Crippen LogP contribution in [0.5, 0.6) is 5.75 Å². The van der Waals surface area contributed by atoms with Crippen molar-refractivity contribution in [2.45, 2.75) is 25.8 Å². The van der Waals surface area contributed by atoms with Gasteiger partial charge in [0.05, 0.1) is 6.26 Å². The number of carbonyl (C=O) groups is 1. The van der Waals surface area contributed by atoms with Crippen LogP contribution in [0.4, 0.5) is 0 Å². The summed E-state index contributed by atoms with van der Waals surface area (Å²) in [7, 11) is 0. The smallest absolute Gasteiger partial charge is 0.251 e. The molecule has 4 heteroatoms. The lowest BCUT2D eigenvalue weighted by atomic mass is 10.1. The molecule has 100 valence electrons. The standard InChI is InChI=1S/C15H17NO3/c1-11(4-9-14-3-2-10-19-14)16-15(18)12-5-7-13(17)8-6-12/h2-3,5-8,10-11,17H,4,9H2,1H3,(H,16,18). The Morgan fingerprint density at radius 2 is 2.05 bits per heavy atom. The van der Waals surface area contributed by atoms with Crippen LogP contribution < -0.4 is 5.32 Å². The third-order valence-electron chi connectivity index (χ3n) is 2.91. The third kappa shape index (κ3) is 3.88. The fourth-order valence-corrected chi connectivity index (χ4v) is 1.81. The zero-order chi connectivity index (χ0) is 13.7. The molecule has 1 heterocycles. The quantitative estimate of drug-likeness (QED) is 0.867. The molecular weight excluding hydrogens is 242 g/mol. The van der Waals surface area contributed by atoms with Crippen molar-refractivity contribution < 1.29 is 14.3 Å². The number of phenols is 1. The molecule has 0 radical (unpaired) electrons. The van der Waals surface area contributed by atoms with Gasteiger partial charge in [0.1, 0.15) is 11.5 Å². The summed E-state index contributed by atoms with van der Waals surface area (Å²) in [4.78, 5) is 11.9. The molecule has 0 aliphatic carbocycles. The first kappa shape index (κ1) is 13.2. The van der Waals surface area contributed by atoms with Crippen LogP contribution in [-0.2, 0) is 6.42 Å². The number of hydrogen-bond acceptors (Lipinski definition) is 3. The second-order valence-corrected chi connectivity index (χ2v) is 4.54. The number of furan rings is 1. The van der Waals surface area contributed by atoms with Crippen LogP contribution >= 0.6 is 0 Å². The van der Waals surface area contributed by atoms with E-state index in [9.17, 15) is 4.79 Å². The molecule has 1 atom stereocenters. The highest BCUT2D eigenvalue weighted by Gasteiger charge is 2.10. The van der Waals surface area contributed by atoms with Crippen molar-refractivity contribution in [3.05, 3.63) is 54.0 Å². The first-order chi connectivity index (χ1) is 9.15. The van der Waals surface area contributed by atoms with Gasteiger partial charge in [0, 0.05) is 18.0 Å². The summed E-state index contributed by atoms with van der Waals surface area (Å²) in [5, 5.41) is 12.1. The van der Waals surface area contributed by atoms with Crippen LogP contribution in [0.1, 0.15) is 29.5 Å². The van der Waals surface area contributed by atoms with Gasteiger partial charge < -0.3 is 14.8 Å². The van der Waals surface area contributed by atoms with Gasteiger partial charge in [0.25, 0.3) is 5.91 Å². The highest BCUT2D eigenvalue weighted by Crippen LogP contribution is 2.10. The molecular formula is C15H17NO3. The summed E-state index contributed by atoms with van der Waals surface area (Å²) in [6.45, 7) is 1.96. The van der Waals surface area contributed by atoms with Gasteiger partial charge in [0.15, 0.2) is 0 Å². The molecule has 2 aromatic rings. The van der Waals surface area contributed by atoms with E-state index in [0.717, 1.165) is 18.6 Å². The molecule has 1 amide bonds. The lowest BCUT2D eigenvalue weighted by molar-refractivity contribution is 0.0938. The fourth-order valence-electron chi connectivity index (χ4n) is 1.81. The average Bonchev–Trinajstić information content (AvgIpc) is 2.90. The van der Waals surface area contributed by atoms with Gasteiger partial charge in [-0.25, -0.2) is 0 Å². The van der Waals surface area contributed by atoms with Gasteiger partial charge in [-0.1, -0.05) is 0 Å². The van der Waals surface area contributed by atoms with E-state index in [0.29, 0.717) is 5.56 Å². The maximum Gasteiger partial charge on any atom is 0.251 e. The van der Waals surface area contributed by atoms with Crippen molar-refractivity contribution in [3.63, 3.8) is 0 Å². The Labute approximate surface area is 112 Å². The number of hydrogen-bond donors (Lipinski definition) is 2. The van der Waals surface area contributed by atoms with E-state index in [2.05, 4.69) is 5.32 Å². The van der Waals surface area contributed by atoms with Gasteiger partial charge in [0.2, 0.25) is 0 Å². The predicted octanol–water partition coefficient (Wildman–Crippen LogP) is 2.74. The van der Waals surface area contributed by atoms with Crippen LogP contribution in [0, 0.1) is 0 Å². The minimum Gasteiger partial charge on any atom is -0.508 e. The van der Waals surface area contributed by atoms with E-state index in [1.807, 2.05) is 19.1 Å². The van der Waals surface area contributed by atoms with Crippen molar-refractivity contribution in [1.29, 1.82) is 0 Å². The third-order valence-corrected chi connectivity index (χ3v) is 2.91. The Balaban J connectivity index is 1.83. The number of aromatic hydroxyl groups is 1. The molecule has 0 fully saturated rings. The second-order valence-electron chi connectivity index (χ2n) is 4.54. The molecule has 4 nitrogen and oxygen atoms in total. The largest absolute Gasteiger partial charge is 0.508 e. The predicted molar refractivity (Wildman–Crippen MR) is 72.1 cm³/mol. The minimum atomic E-state index is -0.132. The van der Waals surface area contributed by atoms with Crippen molar-refractivity contribution in [1.82, 2.24) is 5.32 Å². The van der Waals surface area contributed by atoms with Crippen molar-refractivity contribution in [3.8, 4) is 5.75 Å². The first-order valence-electron chi connectivity index (χ1n) is 6.27. The van der Waals surface area contributed by atoms with Crippen molar-refractivity contribution >= 4 is 5.91 Å². The summed E-state index contributed by atoms with van der Waals surface area (Å²) in [5.74, 6) is 0.945. The maximum atomic E-state index is 11.9. The summed E-state index contributed by atoms with van der Waals surface area (Å²) >= 11 is 0. The molecule has 2 N–H and O–H groups in total. The summed E-state index contributed by atoms with van der Waals surface area (Å²) < 4.78 is 5.25. The number of rotatable bonds is 5. The first-order valence-corrected chi connectivity index (χ1v) is 6.27. The molecule has 1 aromatic carbocycles. The van der Waals surface area contributed by atoms with Crippen LogP contribution in [0.15, 0.2) is 47.1 Å². The molecule has 19 heavy (non-hydrogen) atoms. The Morgan fingerprint density at radius 3 is 2.68 bits per heavy atom. The molecule has 0 saturated heterocycles. The number of nitrogens with one attached hydrogen (secondary N) is 1. The molecule has 1 unspecified atom stereocenters. The normalized spacial score (nSPS) is 12.1. The lowest BCUT2D eigenvalue weighted by Gasteiger charge is -2.13. The van der Waals surface area contributed by atoms with Crippen molar-refractivity contribution in [2.75, 3.05) is 0 Å². The van der Waals surface area contributed by atoms with E-state index in [4.69, 9.17) is 9.52 Å². The summed E-state index contributed by atoms with van der Waals surface area (Å²) in [6, 6.07) is 10.0. The molecule has 0 aliphatic heterocycles. The number of carbonyl (C=O) groups excluding carboxylic acids is 1. The lowest BCUT2D eigenvalue weighted by Crippen LogP contribution is -2.32. The van der Waals surface area contributed by atoms with Gasteiger partial charge in [-0.3, -0.25) is 4.79 Å². The topological polar surface area (TPSA) is 62.5 Å². The Hall–Kier alpha value is -2.23. The van der Waals surface area contributed by atoms with Crippen LogP contribution in [-0.4, -0.2) is 17.1 Å². The maximum absolute atomic E-state index is 11.9. The molecule has 0 bridgehead atoms. The highest BCUT2D eigenvalue weighted by molar-refractivity contribution is 5.94. The highest BCUT2D eigenvalue weighted by atomic mass is 16.3. The molecule has 0 spiro atoms. The Morgan fingerprint density at radius 1 is 1.32 bits per heavy atom. The van der Waals surface area contributed by atoms with Crippen LogP contribution in [0.25, 0.3) is 0 Å². The van der Waals surface area contributed by atoms with Gasteiger partial charge in [-0.05, 0) is 49.7 Å². The number of aryl methyl sites for hydroxylation is 1. The summed E-state index contributed by atoms with van der Waals surface area (Å²) in [5.41, 5.74) is 0.544. The zero-order valence-corrected chi connectivity index (χ0v) is 10.8. The fraction of sp³-hybridized carbons (Fsp3) is 0.267. The van der Waals surface area contributed by atoms with E-state index < -0.39 is 0 Å². The number of amides is 1. The number of phenolic OH excluding ortho intramolecular Hbond substituents is 1. The van der Waals surface area contributed by atoms with Crippen LogP contribution in [0.3, 0.4) is 0 Å². The van der Waals surface area contributed by atoms with E-state index in [1.54, 1.807) is 18.4 Å². The van der Waals surface area contributed by atoms with Crippen molar-refractivity contribution in [2.24, 2.45) is 0 Å². The second kappa shape index (κ2) is 6.09. The summed E-state index contributed by atoms with van der Waals surface area (Å²) in [6.07, 6.45) is 3.26. The van der Waals surface area contributed by atoms with Crippen LogP contribution in [0.2, 0.25) is 0 Å². The van der Waals surface area contributed by atoms with E-state index in [1.165, 1.54) is 12.1 Å². The number of benzene rings is 1. The molecule has 1 aromatic heterocycles. The monoisotopic (exact) mass is 259 g/mol. The minimum absolute atomic E-state index is 0.0615. The Kier molecular flexibility index (Phi) is 4.23. The average molecular weight is 259 g/mol. The molecule has 0 saturated carbocycles. The van der Waals surface area contributed by atoms with E-state index in [-0.39, 0.29) is 17.7 Å². The van der Waals surface area contributed by atoms with Gasteiger partial charge in [-0.15, -0.1) is 0 Å². The SMILES string of the molecule is CC(CCc1ccco1)NC(=O)c1ccc(O)cc1. The van der Waals surface area contributed by atoms with E-state index >= 15 is 0 Å². The Bertz CT molecular complexity index is 517. The zero-order valence-electron chi connectivity index (χ0n) is 10.8. The van der Waals surface area contributed by atoms with Gasteiger partial charge >= 0.3 is 0 Å². The van der Waals surface area contributed by atoms with Gasteiger partial charge in [-0.2, -0.15) is 0 Å². The molecule has 0 aliphatic rings.